The smallest absolute Gasteiger partial charge is 0.257 e. The fourth-order valence-electron chi connectivity index (χ4n) is 3.70. The zero-order chi connectivity index (χ0) is 22.7. The number of carbonyl (C=O) groups is 1. The van der Waals surface area contributed by atoms with Crippen LogP contribution in [0.15, 0.2) is 39.5 Å². The second-order valence-electron chi connectivity index (χ2n) is 6.93. The first-order valence-corrected chi connectivity index (χ1v) is 10.1. The standard InChI is InChI=1S/C24H27NO6/c1-7-25(8-2)24(27)17-11-9-10-15-19(26)14(3)20(31-21(15)17)16-12-13-18(28-4)23(30-6)22(16)29-5/h9-13H,7-8H2,1-6H3. The number of fused-ring (bicyclic) bond motifs is 1. The Kier molecular flexibility index (Phi) is 6.53. The Hall–Kier alpha value is -3.48. The average Bonchev–Trinajstić information content (AvgIpc) is 2.80. The normalized spacial score (nSPS) is 10.8. The van der Waals surface area contributed by atoms with Crippen LogP contribution >= 0.6 is 0 Å². The Labute approximate surface area is 181 Å². The Morgan fingerprint density at radius 3 is 2.23 bits per heavy atom. The summed E-state index contributed by atoms with van der Waals surface area (Å²) >= 11 is 0. The summed E-state index contributed by atoms with van der Waals surface area (Å²) in [7, 11) is 4.54. The van der Waals surface area contributed by atoms with Crippen LogP contribution in [0.3, 0.4) is 0 Å². The predicted octanol–water partition coefficient (Wildman–Crippen LogP) is 4.28. The van der Waals surface area contributed by atoms with E-state index in [4.69, 9.17) is 18.6 Å². The van der Waals surface area contributed by atoms with Crippen LogP contribution in [-0.2, 0) is 0 Å². The summed E-state index contributed by atoms with van der Waals surface area (Å²) in [5.41, 5.74) is 1.33. The number of methoxy groups -OCH3 is 3. The lowest BCUT2D eigenvalue weighted by Crippen LogP contribution is -2.30. The number of nitrogens with zero attached hydrogens (tertiary/aromatic N) is 1. The fourth-order valence-corrected chi connectivity index (χ4v) is 3.70. The van der Waals surface area contributed by atoms with Gasteiger partial charge >= 0.3 is 0 Å². The highest BCUT2D eigenvalue weighted by Crippen LogP contribution is 2.45. The van der Waals surface area contributed by atoms with Crippen LogP contribution in [0.2, 0.25) is 0 Å². The lowest BCUT2D eigenvalue weighted by atomic mass is 10.0. The molecule has 1 amide bonds. The van der Waals surface area contributed by atoms with E-state index in [-0.39, 0.29) is 16.9 Å². The van der Waals surface area contributed by atoms with Crippen molar-refractivity contribution in [2.24, 2.45) is 0 Å². The lowest BCUT2D eigenvalue weighted by molar-refractivity contribution is 0.0774. The highest BCUT2D eigenvalue weighted by atomic mass is 16.5. The summed E-state index contributed by atoms with van der Waals surface area (Å²) in [5, 5.41) is 0.360. The van der Waals surface area contributed by atoms with E-state index in [1.165, 1.54) is 21.3 Å². The van der Waals surface area contributed by atoms with Gasteiger partial charge in [-0.05, 0) is 45.0 Å². The minimum Gasteiger partial charge on any atom is -0.493 e. The van der Waals surface area contributed by atoms with Gasteiger partial charge in [-0.2, -0.15) is 0 Å². The fraction of sp³-hybridized carbons (Fsp3) is 0.333. The third kappa shape index (κ3) is 3.71. The molecule has 0 saturated carbocycles. The van der Waals surface area contributed by atoms with Crippen molar-refractivity contribution in [2.45, 2.75) is 20.8 Å². The molecular weight excluding hydrogens is 398 g/mol. The van der Waals surface area contributed by atoms with Gasteiger partial charge in [-0.15, -0.1) is 0 Å². The molecule has 164 valence electrons. The van der Waals surface area contributed by atoms with Gasteiger partial charge in [-0.3, -0.25) is 9.59 Å². The molecule has 3 aromatic rings. The third-order valence-electron chi connectivity index (χ3n) is 5.37. The van der Waals surface area contributed by atoms with Crippen LogP contribution in [-0.4, -0.2) is 45.2 Å². The molecule has 7 nitrogen and oxygen atoms in total. The van der Waals surface area contributed by atoms with Gasteiger partial charge in [0.05, 0.1) is 37.8 Å². The minimum absolute atomic E-state index is 0.187. The van der Waals surface area contributed by atoms with E-state index >= 15 is 0 Å². The molecule has 0 unspecified atom stereocenters. The molecule has 0 aliphatic carbocycles. The van der Waals surface area contributed by atoms with Crippen molar-refractivity contribution in [1.82, 2.24) is 4.90 Å². The minimum atomic E-state index is -0.206. The molecule has 1 heterocycles. The van der Waals surface area contributed by atoms with E-state index in [2.05, 4.69) is 0 Å². The number of ether oxygens (including phenoxy) is 3. The number of hydrogen-bond donors (Lipinski definition) is 0. The molecule has 0 aliphatic heterocycles. The Morgan fingerprint density at radius 2 is 1.65 bits per heavy atom. The van der Waals surface area contributed by atoms with E-state index in [0.29, 0.717) is 58.2 Å². The summed E-state index contributed by atoms with van der Waals surface area (Å²) < 4.78 is 22.6. The Morgan fingerprint density at radius 1 is 0.968 bits per heavy atom. The van der Waals surface area contributed by atoms with Crippen molar-refractivity contribution in [1.29, 1.82) is 0 Å². The van der Waals surface area contributed by atoms with Crippen molar-refractivity contribution >= 4 is 16.9 Å². The maximum Gasteiger partial charge on any atom is 0.257 e. The average molecular weight is 425 g/mol. The molecule has 3 rings (SSSR count). The highest BCUT2D eigenvalue weighted by Gasteiger charge is 2.24. The Bertz CT molecular complexity index is 1180. The summed E-state index contributed by atoms with van der Waals surface area (Å²) in [6, 6.07) is 8.51. The SMILES string of the molecule is CCN(CC)C(=O)c1cccc2c(=O)c(C)c(-c3ccc(OC)c(OC)c3OC)oc12. The number of para-hydroxylation sites is 1. The number of hydrogen-bond acceptors (Lipinski definition) is 6. The van der Waals surface area contributed by atoms with Crippen LogP contribution in [0.5, 0.6) is 17.2 Å². The van der Waals surface area contributed by atoms with Crippen LogP contribution in [0.1, 0.15) is 29.8 Å². The number of carbonyl (C=O) groups excluding carboxylic acids is 1. The second kappa shape index (κ2) is 9.12. The van der Waals surface area contributed by atoms with Gasteiger partial charge in [0.2, 0.25) is 5.75 Å². The van der Waals surface area contributed by atoms with Gasteiger partial charge in [0.1, 0.15) is 5.76 Å². The molecule has 0 fully saturated rings. The molecule has 2 aromatic carbocycles. The molecule has 7 heteroatoms. The predicted molar refractivity (Wildman–Crippen MR) is 120 cm³/mol. The maximum absolute atomic E-state index is 13.2. The molecule has 0 saturated heterocycles. The van der Waals surface area contributed by atoms with Crippen molar-refractivity contribution in [2.75, 3.05) is 34.4 Å². The molecule has 31 heavy (non-hydrogen) atoms. The van der Waals surface area contributed by atoms with Gasteiger partial charge in [0.25, 0.3) is 5.91 Å². The van der Waals surface area contributed by atoms with Gasteiger partial charge < -0.3 is 23.5 Å². The molecule has 1 aromatic heterocycles. The number of benzene rings is 2. The van der Waals surface area contributed by atoms with Crippen molar-refractivity contribution in [3.8, 4) is 28.6 Å². The zero-order valence-electron chi connectivity index (χ0n) is 18.7. The monoisotopic (exact) mass is 425 g/mol. The molecule has 0 N–H and O–H groups in total. The van der Waals surface area contributed by atoms with Gasteiger partial charge in [-0.25, -0.2) is 0 Å². The third-order valence-corrected chi connectivity index (χ3v) is 5.37. The van der Waals surface area contributed by atoms with E-state index in [1.807, 2.05) is 13.8 Å². The van der Waals surface area contributed by atoms with Crippen LogP contribution in [0.25, 0.3) is 22.3 Å². The first-order chi connectivity index (χ1) is 14.9. The molecule has 0 radical (unpaired) electrons. The first-order valence-electron chi connectivity index (χ1n) is 10.1. The first kappa shape index (κ1) is 22.2. The quantitative estimate of drug-likeness (QED) is 0.562. The molecule has 0 spiro atoms. The number of amides is 1. The highest BCUT2D eigenvalue weighted by molar-refractivity contribution is 6.05. The van der Waals surface area contributed by atoms with Crippen molar-refractivity contribution in [3.05, 3.63) is 51.7 Å². The van der Waals surface area contributed by atoms with E-state index in [9.17, 15) is 9.59 Å². The van der Waals surface area contributed by atoms with Gasteiger partial charge in [-0.1, -0.05) is 6.07 Å². The summed E-state index contributed by atoms with van der Waals surface area (Å²) in [6.45, 7) is 6.62. The summed E-state index contributed by atoms with van der Waals surface area (Å²) in [6.07, 6.45) is 0. The summed E-state index contributed by atoms with van der Waals surface area (Å²) in [5.74, 6) is 1.38. The van der Waals surface area contributed by atoms with Crippen LogP contribution in [0, 0.1) is 6.92 Å². The van der Waals surface area contributed by atoms with E-state index < -0.39 is 0 Å². The van der Waals surface area contributed by atoms with E-state index in [0.717, 1.165) is 0 Å². The largest absolute Gasteiger partial charge is 0.493 e. The molecule has 0 aliphatic rings. The Balaban J connectivity index is 2.36. The van der Waals surface area contributed by atoms with E-state index in [1.54, 1.807) is 42.2 Å². The topological polar surface area (TPSA) is 78.2 Å². The molecular formula is C24H27NO6. The zero-order valence-corrected chi connectivity index (χ0v) is 18.7. The van der Waals surface area contributed by atoms with Crippen LogP contribution in [0.4, 0.5) is 0 Å². The second-order valence-corrected chi connectivity index (χ2v) is 6.93. The van der Waals surface area contributed by atoms with Gasteiger partial charge in [0, 0.05) is 18.7 Å². The van der Waals surface area contributed by atoms with Crippen molar-refractivity contribution < 1.29 is 23.4 Å². The van der Waals surface area contributed by atoms with Crippen LogP contribution < -0.4 is 19.6 Å². The summed E-state index contributed by atoms with van der Waals surface area (Å²) in [4.78, 5) is 28.0. The molecule has 0 atom stereocenters. The van der Waals surface area contributed by atoms with Crippen molar-refractivity contribution in [3.63, 3.8) is 0 Å². The lowest BCUT2D eigenvalue weighted by Gasteiger charge is -2.20. The van der Waals surface area contributed by atoms with Gasteiger partial charge in [0.15, 0.2) is 22.5 Å². The molecule has 0 bridgehead atoms. The maximum atomic E-state index is 13.2. The number of rotatable bonds is 7.